The van der Waals surface area contributed by atoms with Crippen LogP contribution in [0.25, 0.3) is 139 Å². The van der Waals surface area contributed by atoms with Crippen LogP contribution in [0.15, 0.2) is 239 Å². The molecule has 0 aliphatic heterocycles. The zero-order valence-electron chi connectivity index (χ0n) is 37.0. The second-order valence-corrected chi connectivity index (χ2v) is 17.6. The van der Waals surface area contributed by atoms with Crippen molar-refractivity contribution < 1.29 is 8.83 Å². The average molecular weight is 883 g/mol. The van der Waals surface area contributed by atoms with Crippen LogP contribution in [-0.2, 0) is 0 Å². The molecule has 4 heterocycles. The molecule has 0 N–H and O–H groups in total. The molecule has 0 aliphatic carbocycles. The van der Waals surface area contributed by atoms with Gasteiger partial charge in [0.1, 0.15) is 22.3 Å². The van der Waals surface area contributed by atoms with Crippen LogP contribution in [-0.4, -0.2) is 19.5 Å². The first-order chi connectivity index (χ1) is 34.2. The molecule has 0 bridgehead atoms. The van der Waals surface area contributed by atoms with Crippen molar-refractivity contribution in [2.75, 3.05) is 0 Å². The molecular formula is C63H38N4O2. The van der Waals surface area contributed by atoms with Gasteiger partial charge in [0.05, 0.1) is 11.0 Å². The molecule has 0 radical (unpaired) electrons. The Morgan fingerprint density at radius 2 is 0.812 bits per heavy atom. The van der Waals surface area contributed by atoms with Crippen LogP contribution in [0, 0.1) is 0 Å². The lowest BCUT2D eigenvalue weighted by Crippen LogP contribution is -2.00. The van der Waals surface area contributed by atoms with E-state index in [0.717, 1.165) is 99.5 Å². The molecule has 322 valence electrons. The van der Waals surface area contributed by atoms with Crippen molar-refractivity contribution in [2.24, 2.45) is 0 Å². The van der Waals surface area contributed by atoms with Gasteiger partial charge >= 0.3 is 0 Å². The summed E-state index contributed by atoms with van der Waals surface area (Å²) in [5.41, 5.74) is 16.1. The zero-order valence-corrected chi connectivity index (χ0v) is 37.0. The van der Waals surface area contributed by atoms with E-state index in [-0.39, 0.29) is 0 Å². The number of furan rings is 2. The summed E-state index contributed by atoms with van der Waals surface area (Å²) in [5, 5.41) is 6.70. The fraction of sp³-hybridized carbons (Fsp3) is 0. The fourth-order valence-corrected chi connectivity index (χ4v) is 10.2. The van der Waals surface area contributed by atoms with E-state index in [9.17, 15) is 0 Å². The summed E-state index contributed by atoms with van der Waals surface area (Å²) >= 11 is 0. The third kappa shape index (κ3) is 6.53. The predicted octanol–water partition coefficient (Wildman–Crippen LogP) is 16.8. The van der Waals surface area contributed by atoms with E-state index in [0.29, 0.717) is 17.5 Å². The molecule has 0 amide bonds. The number of aromatic nitrogens is 4. The van der Waals surface area contributed by atoms with Gasteiger partial charge in [0.25, 0.3) is 0 Å². The van der Waals surface area contributed by atoms with Crippen molar-refractivity contribution in [3.05, 3.63) is 231 Å². The molecule has 0 saturated carbocycles. The Balaban J connectivity index is 0.840. The number of rotatable bonds is 7. The van der Waals surface area contributed by atoms with Gasteiger partial charge < -0.3 is 13.4 Å². The topological polar surface area (TPSA) is 69.9 Å². The maximum absolute atomic E-state index is 6.74. The quantitative estimate of drug-likeness (QED) is 0.159. The molecule has 0 fully saturated rings. The van der Waals surface area contributed by atoms with E-state index in [1.54, 1.807) is 0 Å². The van der Waals surface area contributed by atoms with E-state index in [4.69, 9.17) is 23.8 Å². The fourth-order valence-electron chi connectivity index (χ4n) is 10.2. The minimum Gasteiger partial charge on any atom is -0.456 e. The number of fused-ring (bicyclic) bond motifs is 9. The molecule has 14 aromatic rings. The SMILES string of the molecule is c1ccc(-c2ccc3c(c2)c2ccccc2n3-c2ccc3c(c2)oc2cc(-c4ccc5oc6cccc(-c7cccc(-c8nc(-c9ccccc9)nc(-c9ccccc9)n8)c7)c6c5c4)ccc23)cc1. The molecule has 0 atom stereocenters. The lowest BCUT2D eigenvalue weighted by molar-refractivity contribution is 0.669. The van der Waals surface area contributed by atoms with Gasteiger partial charge in [0.15, 0.2) is 17.5 Å². The molecule has 0 unspecified atom stereocenters. The van der Waals surface area contributed by atoms with Crippen LogP contribution in [0.2, 0.25) is 0 Å². The molecule has 4 aromatic heterocycles. The first-order valence-corrected chi connectivity index (χ1v) is 23.2. The Kier molecular flexibility index (Phi) is 8.79. The molecule has 6 heteroatoms. The average Bonchev–Trinajstić information content (AvgIpc) is 4.10. The van der Waals surface area contributed by atoms with Crippen LogP contribution in [0.1, 0.15) is 0 Å². The summed E-state index contributed by atoms with van der Waals surface area (Å²) in [6.07, 6.45) is 0. The monoisotopic (exact) mass is 882 g/mol. The standard InChI is InChI=1S/C63H38N4O2/c1-4-14-39(15-5-1)42-27-32-55-52(35-42)49-22-10-11-24-54(49)67(55)47-29-31-51-50-30-26-44(37-58(50)69-59(51)38-47)43-28-33-56-53(36-43)60-48(23-13-25-57(60)68-56)45-20-12-21-46(34-45)63-65-61(40-16-6-2-7-17-40)64-62(66-63)41-18-8-3-9-19-41/h1-38H. The lowest BCUT2D eigenvalue weighted by Gasteiger charge is -2.10. The minimum atomic E-state index is 0.609. The Bertz CT molecular complexity index is 4250. The Labute approximate surface area is 396 Å². The summed E-state index contributed by atoms with van der Waals surface area (Å²) < 4.78 is 15.6. The molecule has 0 aliphatic rings. The zero-order chi connectivity index (χ0) is 45.4. The summed E-state index contributed by atoms with van der Waals surface area (Å²) in [4.78, 5) is 14.9. The molecular weight excluding hydrogens is 845 g/mol. The van der Waals surface area contributed by atoms with Crippen LogP contribution >= 0.6 is 0 Å². The van der Waals surface area contributed by atoms with Crippen molar-refractivity contribution in [1.29, 1.82) is 0 Å². The summed E-state index contributed by atoms with van der Waals surface area (Å²) in [5.74, 6) is 1.86. The van der Waals surface area contributed by atoms with E-state index >= 15 is 0 Å². The number of hydrogen-bond acceptors (Lipinski definition) is 5. The molecule has 0 spiro atoms. The van der Waals surface area contributed by atoms with Crippen molar-refractivity contribution in [3.63, 3.8) is 0 Å². The highest BCUT2D eigenvalue weighted by Crippen LogP contribution is 2.42. The van der Waals surface area contributed by atoms with E-state index < -0.39 is 0 Å². The molecule has 14 rings (SSSR count). The van der Waals surface area contributed by atoms with Crippen LogP contribution < -0.4 is 0 Å². The van der Waals surface area contributed by atoms with Crippen LogP contribution in [0.4, 0.5) is 0 Å². The smallest absolute Gasteiger partial charge is 0.164 e. The van der Waals surface area contributed by atoms with Crippen LogP contribution in [0.5, 0.6) is 0 Å². The summed E-state index contributed by atoms with van der Waals surface area (Å²) in [7, 11) is 0. The van der Waals surface area contributed by atoms with Gasteiger partial charge in [-0.05, 0) is 100 Å². The van der Waals surface area contributed by atoms with Gasteiger partial charge in [-0.3, -0.25) is 0 Å². The third-order valence-electron chi connectivity index (χ3n) is 13.5. The number of nitrogens with zero attached hydrogens (tertiary/aromatic N) is 4. The lowest BCUT2D eigenvalue weighted by atomic mass is 9.96. The highest BCUT2D eigenvalue weighted by atomic mass is 16.3. The van der Waals surface area contributed by atoms with E-state index in [1.165, 1.54) is 21.9 Å². The molecule has 6 nitrogen and oxygen atoms in total. The first-order valence-electron chi connectivity index (χ1n) is 23.2. The van der Waals surface area contributed by atoms with Crippen LogP contribution in [0.3, 0.4) is 0 Å². The Morgan fingerprint density at radius 3 is 1.58 bits per heavy atom. The normalized spacial score (nSPS) is 11.8. The minimum absolute atomic E-state index is 0.609. The van der Waals surface area contributed by atoms with Crippen molar-refractivity contribution in [3.8, 4) is 73.2 Å². The number of para-hydroxylation sites is 1. The maximum atomic E-state index is 6.74. The Hall–Kier alpha value is -9.39. The van der Waals surface area contributed by atoms with E-state index in [1.807, 2.05) is 66.7 Å². The second-order valence-electron chi connectivity index (χ2n) is 17.6. The van der Waals surface area contributed by atoms with Gasteiger partial charge in [0, 0.05) is 60.8 Å². The third-order valence-corrected chi connectivity index (χ3v) is 13.5. The van der Waals surface area contributed by atoms with Gasteiger partial charge in [-0.15, -0.1) is 0 Å². The molecule has 10 aromatic carbocycles. The van der Waals surface area contributed by atoms with Gasteiger partial charge in [-0.1, -0.05) is 158 Å². The van der Waals surface area contributed by atoms with Crippen molar-refractivity contribution in [2.45, 2.75) is 0 Å². The summed E-state index contributed by atoms with van der Waals surface area (Å²) in [6, 6.07) is 80.4. The van der Waals surface area contributed by atoms with Gasteiger partial charge in [-0.2, -0.15) is 0 Å². The Morgan fingerprint density at radius 1 is 0.275 bits per heavy atom. The number of hydrogen-bond donors (Lipinski definition) is 0. The maximum Gasteiger partial charge on any atom is 0.164 e. The van der Waals surface area contributed by atoms with Gasteiger partial charge in [0.2, 0.25) is 0 Å². The largest absolute Gasteiger partial charge is 0.456 e. The predicted molar refractivity (Wildman–Crippen MR) is 281 cm³/mol. The second kappa shape index (κ2) is 15.6. The van der Waals surface area contributed by atoms with E-state index in [2.05, 4.69) is 168 Å². The first kappa shape index (κ1) is 38.8. The summed E-state index contributed by atoms with van der Waals surface area (Å²) in [6.45, 7) is 0. The van der Waals surface area contributed by atoms with Crippen molar-refractivity contribution >= 4 is 65.7 Å². The highest BCUT2D eigenvalue weighted by Gasteiger charge is 2.19. The van der Waals surface area contributed by atoms with Crippen molar-refractivity contribution in [1.82, 2.24) is 19.5 Å². The highest BCUT2D eigenvalue weighted by molar-refractivity contribution is 6.14. The van der Waals surface area contributed by atoms with Gasteiger partial charge in [-0.25, -0.2) is 15.0 Å². The number of benzene rings is 10. The molecule has 69 heavy (non-hydrogen) atoms. The molecule has 0 saturated heterocycles.